The SMILES string of the molecule is CC(O)[C@H]1C(=O)N2C(C(=O)O)=C(S[C@@H]3CN[C@H](C(=O)Nc4cccc(C(=O)O)c4)C3)[C@H](C)[C@H]12.[H-].[Na+]. The first-order valence-corrected chi connectivity index (χ1v) is 11.5. The first-order chi connectivity index (χ1) is 15.6. The molecule has 4 rings (SSSR count). The maximum atomic E-state index is 12.7. The minimum absolute atomic E-state index is 0. The van der Waals surface area contributed by atoms with E-state index in [2.05, 4.69) is 10.6 Å². The number of carboxylic acids is 2. The van der Waals surface area contributed by atoms with Crippen molar-refractivity contribution < 1.29 is 65.5 Å². The molecule has 0 bridgehead atoms. The molecule has 6 atom stereocenters. The number of thioether (sulfide) groups is 1. The molecule has 0 aliphatic carbocycles. The van der Waals surface area contributed by atoms with Gasteiger partial charge in [-0.25, -0.2) is 9.59 Å². The quantitative estimate of drug-likeness (QED) is 0.213. The van der Waals surface area contributed by atoms with Gasteiger partial charge in [-0.1, -0.05) is 13.0 Å². The van der Waals surface area contributed by atoms with Gasteiger partial charge in [0.05, 0.1) is 29.7 Å². The Kier molecular flexibility index (Phi) is 8.16. The first kappa shape index (κ1) is 26.7. The molecular weight excluding hydrogens is 473 g/mol. The second kappa shape index (κ2) is 10.4. The molecule has 3 aliphatic rings. The van der Waals surface area contributed by atoms with Crippen LogP contribution in [-0.2, 0) is 14.4 Å². The van der Waals surface area contributed by atoms with E-state index in [1.807, 2.05) is 6.92 Å². The van der Waals surface area contributed by atoms with Gasteiger partial charge in [-0.2, -0.15) is 0 Å². The number of anilines is 1. The van der Waals surface area contributed by atoms with Crippen molar-refractivity contribution in [2.24, 2.45) is 11.8 Å². The standard InChI is InChI=1S/C22H25N3O7S.Na.H/c1-9-16-15(10(2)26)20(28)25(16)17(22(31)32)18(9)33-13-7-14(23-8-13)19(27)24-12-5-3-4-11(6-12)21(29)30;;/h3-6,9-10,13-16,23,26H,7-8H2,1-2H3,(H,24,27)(H,29,30)(H,31,32);;/q;+1;-1/t9-,10?,13+,14+,15-,16-;;/m1../s1. The number of rotatable bonds is 7. The van der Waals surface area contributed by atoms with Crippen LogP contribution in [0.4, 0.5) is 5.69 Å². The molecule has 178 valence electrons. The van der Waals surface area contributed by atoms with Crippen molar-refractivity contribution in [1.82, 2.24) is 10.2 Å². The minimum atomic E-state index is -1.18. The zero-order valence-electron chi connectivity index (χ0n) is 20.0. The van der Waals surface area contributed by atoms with Gasteiger partial charge in [0.15, 0.2) is 0 Å². The molecule has 10 nitrogen and oxygen atoms in total. The van der Waals surface area contributed by atoms with E-state index in [9.17, 15) is 29.4 Å². The number of hydrogen-bond acceptors (Lipinski definition) is 7. The van der Waals surface area contributed by atoms with Crippen molar-refractivity contribution in [3.63, 3.8) is 0 Å². The van der Waals surface area contributed by atoms with E-state index in [1.165, 1.54) is 35.7 Å². The summed E-state index contributed by atoms with van der Waals surface area (Å²) >= 11 is 1.36. The number of hydrogen-bond donors (Lipinski definition) is 5. The molecule has 0 aromatic heterocycles. The second-order valence-electron chi connectivity index (χ2n) is 8.58. The fraction of sp³-hybridized carbons (Fsp3) is 0.455. The van der Waals surface area contributed by atoms with Gasteiger partial charge < -0.3 is 32.3 Å². The molecule has 3 heterocycles. The number of aliphatic carboxylic acids is 1. The normalized spacial score (nSPS) is 28.6. The molecule has 0 spiro atoms. The molecule has 0 saturated carbocycles. The van der Waals surface area contributed by atoms with Gasteiger partial charge in [-0.15, -0.1) is 11.8 Å². The summed E-state index contributed by atoms with van der Waals surface area (Å²) in [5, 5.41) is 34.6. The average Bonchev–Trinajstić information content (AvgIpc) is 3.30. The number of fused-ring (bicyclic) bond motifs is 1. The van der Waals surface area contributed by atoms with Crippen molar-refractivity contribution in [3.05, 3.63) is 40.4 Å². The van der Waals surface area contributed by atoms with Gasteiger partial charge in [0.1, 0.15) is 5.70 Å². The molecule has 12 heteroatoms. The first-order valence-electron chi connectivity index (χ1n) is 10.6. The Morgan fingerprint density at radius 3 is 2.59 bits per heavy atom. The number of aromatic carboxylic acids is 1. The van der Waals surface area contributed by atoms with E-state index in [4.69, 9.17) is 5.11 Å². The molecule has 2 fully saturated rings. The Morgan fingerprint density at radius 1 is 1.26 bits per heavy atom. The zero-order chi connectivity index (χ0) is 24.0. The van der Waals surface area contributed by atoms with Crippen molar-refractivity contribution in [1.29, 1.82) is 0 Å². The van der Waals surface area contributed by atoms with Crippen molar-refractivity contribution in [2.75, 3.05) is 11.9 Å². The molecule has 2 saturated heterocycles. The van der Waals surface area contributed by atoms with Crippen LogP contribution < -0.4 is 40.2 Å². The summed E-state index contributed by atoms with van der Waals surface area (Å²) in [5.74, 6) is -3.79. The van der Waals surface area contributed by atoms with Crippen LogP contribution in [0.25, 0.3) is 0 Å². The Bertz CT molecular complexity index is 1070. The topological polar surface area (TPSA) is 156 Å². The molecular formula is C22H26N3NaO7S. The molecule has 0 radical (unpaired) electrons. The maximum Gasteiger partial charge on any atom is 1.00 e. The van der Waals surface area contributed by atoms with Gasteiger partial charge in [-0.05, 0) is 31.5 Å². The molecule has 2 amide bonds. The zero-order valence-corrected chi connectivity index (χ0v) is 21.8. The number of amides is 2. The predicted octanol–water partition coefficient (Wildman–Crippen LogP) is -1.94. The van der Waals surface area contributed by atoms with Gasteiger partial charge in [-0.3, -0.25) is 9.59 Å². The molecule has 34 heavy (non-hydrogen) atoms. The van der Waals surface area contributed by atoms with E-state index in [1.54, 1.807) is 12.1 Å². The number of aliphatic hydroxyl groups is 1. The van der Waals surface area contributed by atoms with Crippen molar-refractivity contribution >= 4 is 41.2 Å². The van der Waals surface area contributed by atoms with Gasteiger partial charge in [0, 0.05) is 28.3 Å². The van der Waals surface area contributed by atoms with E-state index in [0.29, 0.717) is 23.6 Å². The molecule has 1 unspecified atom stereocenters. The molecule has 1 aromatic carbocycles. The Labute approximate surface area is 223 Å². The van der Waals surface area contributed by atoms with Crippen LogP contribution in [0.15, 0.2) is 34.9 Å². The largest absolute Gasteiger partial charge is 1.00 e. The summed E-state index contributed by atoms with van der Waals surface area (Å²) in [7, 11) is 0. The van der Waals surface area contributed by atoms with Crippen LogP contribution in [0.1, 0.15) is 32.1 Å². The van der Waals surface area contributed by atoms with Crippen LogP contribution in [0.2, 0.25) is 0 Å². The number of carbonyl (C=O) groups excluding carboxylic acids is 2. The minimum Gasteiger partial charge on any atom is -1.00 e. The fourth-order valence-corrected chi connectivity index (χ4v) is 6.29. The Balaban J connectivity index is 0.00000216. The fourth-order valence-electron chi connectivity index (χ4n) is 4.81. The maximum absolute atomic E-state index is 12.7. The number of carbonyl (C=O) groups is 4. The smallest absolute Gasteiger partial charge is 1.00 e. The number of β-lactam (4-membered cyclic amide) rings is 1. The van der Waals surface area contributed by atoms with Gasteiger partial charge >= 0.3 is 41.5 Å². The summed E-state index contributed by atoms with van der Waals surface area (Å²) < 4.78 is 0. The number of nitrogens with one attached hydrogen (secondary N) is 2. The predicted molar refractivity (Wildman–Crippen MR) is 121 cm³/mol. The van der Waals surface area contributed by atoms with Crippen LogP contribution in [0.3, 0.4) is 0 Å². The monoisotopic (exact) mass is 499 g/mol. The third kappa shape index (κ3) is 4.77. The van der Waals surface area contributed by atoms with Gasteiger partial charge in [0.25, 0.3) is 0 Å². The van der Waals surface area contributed by atoms with Crippen molar-refractivity contribution in [2.45, 2.75) is 43.7 Å². The van der Waals surface area contributed by atoms with E-state index in [0.717, 1.165) is 0 Å². The summed E-state index contributed by atoms with van der Waals surface area (Å²) in [5.41, 5.74) is 0.418. The van der Waals surface area contributed by atoms with Crippen LogP contribution >= 0.6 is 11.8 Å². The van der Waals surface area contributed by atoms with Crippen LogP contribution in [-0.4, -0.2) is 74.0 Å². The number of benzene rings is 1. The molecule has 1 aromatic rings. The number of aliphatic hydroxyl groups excluding tert-OH is 1. The van der Waals surface area contributed by atoms with E-state index < -0.39 is 30.0 Å². The number of nitrogens with zero attached hydrogens (tertiary/aromatic N) is 1. The third-order valence-electron chi connectivity index (χ3n) is 6.39. The van der Waals surface area contributed by atoms with Crippen LogP contribution in [0, 0.1) is 11.8 Å². The van der Waals surface area contributed by atoms with Crippen LogP contribution in [0.5, 0.6) is 0 Å². The third-order valence-corrected chi connectivity index (χ3v) is 7.90. The number of carboxylic acid groups (broad SMARTS) is 2. The van der Waals surface area contributed by atoms with Gasteiger partial charge in [0.2, 0.25) is 11.8 Å². The summed E-state index contributed by atoms with van der Waals surface area (Å²) in [4.78, 5) is 50.1. The second-order valence-corrected chi connectivity index (χ2v) is 9.93. The summed E-state index contributed by atoms with van der Waals surface area (Å²) in [6.07, 6.45) is -0.419. The van der Waals surface area contributed by atoms with E-state index >= 15 is 0 Å². The Morgan fingerprint density at radius 2 is 1.97 bits per heavy atom. The summed E-state index contributed by atoms with van der Waals surface area (Å²) in [6, 6.07) is 5.07. The van der Waals surface area contributed by atoms with Crippen molar-refractivity contribution in [3.8, 4) is 0 Å². The summed E-state index contributed by atoms with van der Waals surface area (Å²) in [6.45, 7) is 3.87. The molecule has 5 N–H and O–H groups in total. The Hall–Kier alpha value is -1.89. The van der Waals surface area contributed by atoms with E-state index in [-0.39, 0.29) is 71.3 Å². The average molecular weight is 500 g/mol. The molecule has 3 aliphatic heterocycles.